The van der Waals surface area contributed by atoms with Crippen LogP contribution in [-0.2, 0) is 19.6 Å². The Morgan fingerprint density at radius 1 is 0.957 bits per heavy atom. The van der Waals surface area contributed by atoms with Gasteiger partial charge in [-0.25, -0.2) is 27.2 Å². The van der Waals surface area contributed by atoms with E-state index in [4.69, 9.17) is 11.2 Å². The SMILES string of the molecule is C#Cc1cccc(Nc2ncnc3ccc(S(=O)(=O)n4ccc(/C=C/C(=O)Nc5ccccc5NC(=O)OC(C)(C)C)c4)cc23)c1. The van der Waals surface area contributed by atoms with E-state index in [-0.39, 0.29) is 4.90 Å². The lowest BCUT2D eigenvalue weighted by Crippen LogP contribution is -2.27. The molecule has 0 spiro atoms. The highest BCUT2D eigenvalue weighted by Gasteiger charge is 2.19. The number of anilines is 4. The van der Waals surface area contributed by atoms with E-state index in [0.29, 0.717) is 44.9 Å². The van der Waals surface area contributed by atoms with Gasteiger partial charge >= 0.3 is 6.09 Å². The predicted molar refractivity (Wildman–Crippen MR) is 178 cm³/mol. The van der Waals surface area contributed by atoms with Crippen molar-refractivity contribution in [2.75, 3.05) is 16.0 Å². The quantitative estimate of drug-likeness (QED) is 0.132. The van der Waals surface area contributed by atoms with Crippen LogP contribution in [0.25, 0.3) is 17.0 Å². The van der Waals surface area contributed by atoms with E-state index in [2.05, 4.69) is 31.8 Å². The molecule has 3 N–H and O–H groups in total. The molecule has 0 aliphatic heterocycles. The summed E-state index contributed by atoms with van der Waals surface area (Å²) in [6, 6.07) is 20.0. The lowest BCUT2D eigenvalue weighted by molar-refractivity contribution is -0.111. The van der Waals surface area contributed by atoms with E-state index in [9.17, 15) is 18.0 Å². The molecule has 2 aromatic heterocycles. The standard InChI is InChI=1S/C34H30N6O5S/c1-5-23-9-8-10-25(19-23)37-32-27-20-26(14-15-28(27)35-22-36-32)46(43,44)40-18-17-24(21-40)13-16-31(41)38-29-11-6-7-12-30(29)39-33(42)45-34(2,3)4/h1,6-22H,2-4H3,(H,38,41)(H,39,42)(H,35,36,37)/b16-13+. The lowest BCUT2D eigenvalue weighted by atomic mass is 10.2. The smallest absolute Gasteiger partial charge is 0.412 e. The Bertz CT molecular complexity index is 2120. The van der Waals surface area contributed by atoms with Crippen molar-refractivity contribution in [1.82, 2.24) is 13.9 Å². The zero-order chi connectivity index (χ0) is 32.9. The number of carbonyl (C=O) groups excluding carboxylic acids is 2. The van der Waals surface area contributed by atoms with Gasteiger partial charge in [-0.15, -0.1) is 6.42 Å². The second kappa shape index (κ2) is 13.0. The van der Waals surface area contributed by atoms with Gasteiger partial charge in [-0.3, -0.25) is 10.1 Å². The third-order valence-corrected chi connectivity index (χ3v) is 8.04. The van der Waals surface area contributed by atoms with E-state index in [1.165, 1.54) is 43.0 Å². The maximum absolute atomic E-state index is 13.6. The maximum Gasteiger partial charge on any atom is 0.412 e. The van der Waals surface area contributed by atoms with Crippen LogP contribution < -0.4 is 16.0 Å². The monoisotopic (exact) mass is 634 g/mol. The Morgan fingerprint density at radius 2 is 1.72 bits per heavy atom. The van der Waals surface area contributed by atoms with Gasteiger partial charge in [-0.05, 0) is 87.0 Å². The summed E-state index contributed by atoms with van der Waals surface area (Å²) in [5.41, 5.74) is 2.43. The molecule has 0 saturated carbocycles. The molecule has 46 heavy (non-hydrogen) atoms. The van der Waals surface area contributed by atoms with Gasteiger partial charge in [0.1, 0.15) is 17.7 Å². The fourth-order valence-corrected chi connectivity index (χ4v) is 5.57. The third-order valence-electron chi connectivity index (χ3n) is 6.41. The number of ether oxygens (including phenoxy) is 1. The zero-order valence-electron chi connectivity index (χ0n) is 25.2. The molecule has 5 aromatic rings. The summed E-state index contributed by atoms with van der Waals surface area (Å²) >= 11 is 0. The number of fused-ring (bicyclic) bond motifs is 1. The van der Waals surface area contributed by atoms with Crippen molar-refractivity contribution in [2.45, 2.75) is 31.3 Å². The number of benzene rings is 3. The largest absolute Gasteiger partial charge is 0.444 e. The first-order chi connectivity index (χ1) is 21.9. The number of aromatic nitrogens is 3. The molecule has 0 aliphatic rings. The molecule has 5 rings (SSSR count). The fraction of sp³-hybridized carbons (Fsp3) is 0.118. The second-order valence-corrected chi connectivity index (χ2v) is 12.9. The molecule has 11 nitrogen and oxygen atoms in total. The number of carbonyl (C=O) groups is 2. The molecule has 0 unspecified atom stereocenters. The minimum Gasteiger partial charge on any atom is -0.444 e. The number of para-hydroxylation sites is 2. The van der Waals surface area contributed by atoms with Crippen molar-refractivity contribution in [3.63, 3.8) is 0 Å². The lowest BCUT2D eigenvalue weighted by Gasteiger charge is -2.20. The average molecular weight is 635 g/mol. The third kappa shape index (κ3) is 7.58. The van der Waals surface area contributed by atoms with Crippen LogP contribution in [0.2, 0.25) is 0 Å². The first-order valence-corrected chi connectivity index (χ1v) is 15.5. The first-order valence-electron chi connectivity index (χ1n) is 14.0. The van der Waals surface area contributed by atoms with E-state index in [1.54, 1.807) is 75.4 Å². The van der Waals surface area contributed by atoms with Gasteiger partial charge in [0, 0.05) is 35.1 Å². The predicted octanol–water partition coefficient (Wildman–Crippen LogP) is 6.39. The normalized spacial score (nSPS) is 11.6. The number of amides is 2. The summed E-state index contributed by atoms with van der Waals surface area (Å²) < 4.78 is 33.5. The molecule has 2 amide bonds. The summed E-state index contributed by atoms with van der Waals surface area (Å²) in [4.78, 5) is 33.5. The minimum absolute atomic E-state index is 0.0215. The Morgan fingerprint density at radius 3 is 2.46 bits per heavy atom. The van der Waals surface area contributed by atoms with Crippen molar-refractivity contribution < 1.29 is 22.7 Å². The van der Waals surface area contributed by atoms with E-state index in [0.717, 1.165) is 3.97 Å². The highest BCUT2D eigenvalue weighted by molar-refractivity contribution is 7.90. The number of hydrogen-bond acceptors (Lipinski definition) is 8. The van der Waals surface area contributed by atoms with Crippen LogP contribution in [-0.4, -0.2) is 40.0 Å². The topological polar surface area (TPSA) is 144 Å². The molecule has 12 heteroatoms. The van der Waals surface area contributed by atoms with Crippen LogP contribution in [0.5, 0.6) is 0 Å². The van der Waals surface area contributed by atoms with Crippen molar-refractivity contribution in [3.05, 3.63) is 109 Å². The number of terminal acetylenes is 1. The molecular formula is C34H30N6O5S. The molecule has 0 radical (unpaired) electrons. The summed E-state index contributed by atoms with van der Waals surface area (Å²) in [7, 11) is -4.01. The van der Waals surface area contributed by atoms with Gasteiger partial charge in [0.15, 0.2) is 0 Å². The number of nitrogens with zero attached hydrogens (tertiary/aromatic N) is 3. The van der Waals surface area contributed by atoms with Crippen molar-refractivity contribution >= 4 is 61.9 Å². The maximum atomic E-state index is 13.6. The van der Waals surface area contributed by atoms with E-state index >= 15 is 0 Å². The van der Waals surface area contributed by atoms with Crippen LogP contribution in [0.4, 0.5) is 27.7 Å². The number of nitrogens with one attached hydrogen (secondary N) is 3. The van der Waals surface area contributed by atoms with Crippen molar-refractivity contribution in [1.29, 1.82) is 0 Å². The second-order valence-electron chi connectivity index (χ2n) is 11.0. The van der Waals surface area contributed by atoms with Crippen LogP contribution in [0.1, 0.15) is 31.9 Å². The summed E-state index contributed by atoms with van der Waals surface area (Å²) in [5, 5.41) is 9.02. The van der Waals surface area contributed by atoms with Gasteiger partial charge in [0.25, 0.3) is 10.0 Å². The highest BCUT2D eigenvalue weighted by Crippen LogP contribution is 2.27. The van der Waals surface area contributed by atoms with Crippen molar-refractivity contribution in [2.24, 2.45) is 0 Å². The Balaban J connectivity index is 1.31. The van der Waals surface area contributed by atoms with Gasteiger partial charge in [-0.2, -0.15) is 0 Å². The molecule has 0 bridgehead atoms. The highest BCUT2D eigenvalue weighted by atomic mass is 32.2. The molecule has 0 fully saturated rings. The molecule has 3 aromatic carbocycles. The van der Waals surface area contributed by atoms with Crippen LogP contribution in [0.15, 0.2) is 102 Å². The average Bonchev–Trinajstić information content (AvgIpc) is 3.50. The van der Waals surface area contributed by atoms with Gasteiger partial charge in [0.05, 0.1) is 21.8 Å². The molecule has 0 aliphatic carbocycles. The van der Waals surface area contributed by atoms with Crippen LogP contribution >= 0.6 is 0 Å². The first kappa shape index (κ1) is 31.5. The van der Waals surface area contributed by atoms with Gasteiger partial charge < -0.3 is 15.4 Å². The summed E-state index contributed by atoms with van der Waals surface area (Å²) in [6.45, 7) is 5.24. The molecular weight excluding hydrogens is 604 g/mol. The van der Waals surface area contributed by atoms with Crippen molar-refractivity contribution in [3.8, 4) is 12.3 Å². The minimum atomic E-state index is -4.01. The Labute approximate surface area is 266 Å². The van der Waals surface area contributed by atoms with Crippen LogP contribution in [0, 0.1) is 12.3 Å². The fourth-order valence-electron chi connectivity index (χ4n) is 4.34. The number of rotatable bonds is 8. The summed E-state index contributed by atoms with van der Waals surface area (Å²) in [6.07, 6.45) is 11.8. The zero-order valence-corrected chi connectivity index (χ0v) is 26.0. The molecule has 232 valence electrons. The Hall–Kier alpha value is -5.93. The Kier molecular flexibility index (Phi) is 8.88. The van der Waals surface area contributed by atoms with E-state index < -0.39 is 27.6 Å². The molecule has 0 atom stereocenters. The number of hydrogen-bond donors (Lipinski definition) is 3. The summed E-state index contributed by atoms with van der Waals surface area (Å²) in [5.74, 6) is 2.51. The molecule has 2 heterocycles. The van der Waals surface area contributed by atoms with Gasteiger partial charge in [0.2, 0.25) is 5.91 Å². The van der Waals surface area contributed by atoms with Crippen LogP contribution in [0.3, 0.4) is 0 Å². The van der Waals surface area contributed by atoms with Gasteiger partial charge in [-0.1, -0.05) is 24.1 Å². The molecule has 0 saturated heterocycles. The van der Waals surface area contributed by atoms with E-state index in [1.807, 2.05) is 6.07 Å².